The van der Waals surface area contributed by atoms with Gasteiger partial charge in [0.15, 0.2) is 0 Å². The van der Waals surface area contributed by atoms with Gasteiger partial charge in [-0.25, -0.2) is 5.92 Å². The number of halogens is 1. The first-order valence-corrected chi connectivity index (χ1v) is 14.9. The molecule has 0 radical (unpaired) electrons. The monoisotopic (exact) mass is 466 g/mol. The van der Waals surface area contributed by atoms with Crippen molar-refractivity contribution in [3.63, 3.8) is 0 Å². The molecule has 1 saturated carbocycles. The van der Waals surface area contributed by atoms with Crippen molar-refractivity contribution in [3.05, 3.63) is 43.1 Å². The van der Waals surface area contributed by atoms with Gasteiger partial charge in [0, 0.05) is 11.5 Å². The molecule has 3 unspecified atom stereocenters. The van der Waals surface area contributed by atoms with Crippen LogP contribution in [0.3, 0.4) is 0 Å². The van der Waals surface area contributed by atoms with Crippen LogP contribution in [-0.4, -0.2) is 38.8 Å². The van der Waals surface area contributed by atoms with E-state index in [4.69, 9.17) is 11.4 Å². The summed E-state index contributed by atoms with van der Waals surface area (Å²) >= 11 is 1.47. The van der Waals surface area contributed by atoms with Crippen LogP contribution in [0.15, 0.2) is 24.3 Å². The Balaban J connectivity index is 0. The SMILES string of the molecule is CN(C)C1CC([Si](C)(C)[N-]C(C)(C)C)CC12C=CC=CC2.[C-]#CC#CC.[CH3-].[Cl][Ti+3]. The van der Waals surface area contributed by atoms with Gasteiger partial charge in [0.25, 0.3) is 0 Å². The molecule has 3 atom stereocenters. The van der Waals surface area contributed by atoms with Crippen LogP contribution < -0.4 is 0 Å². The van der Waals surface area contributed by atoms with E-state index < -0.39 is 8.24 Å². The first kappa shape index (κ1) is 30.9. The van der Waals surface area contributed by atoms with Crippen molar-refractivity contribution in [2.24, 2.45) is 5.41 Å². The molecule has 0 aliphatic heterocycles. The predicted molar refractivity (Wildman–Crippen MR) is 129 cm³/mol. The van der Waals surface area contributed by atoms with Crippen molar-refractivity contribution in [2.45, 2.75) is 77.2 Å². The number of hydrogen-bond donors (Lipinski definition) is 0. The Morgan fingerprint density at radius 1 is 1.24 bits per heavy atom. The summed E-state index contributed by atoms with van der Waals surface area (Å²) in [5, 5.41) is 0. The van der Waals surface area contributed by atoms with E-state index in [9.17, 15) is 0 Å². The van der Waals surface area contributed by atoms with Crippen LogP contribution in [0.25, 0.3) is 4.98 Å². The second-order valence-corrected chi connectivity index (χ2v) is 13.6. The van der Waals surface area contributed by atoms with E-state index in [0.29, 0.717) is 11.5 Å². The van der Waals surface area contributed by atoms with Crippen molar-refractivity contribution in [3.8, 4) is 17.8 Å². The Labute approximate surface area is 198 Å². The molecule has 29 heavy (non-hydrogen) atoms. The van der Waals surface area contributed by atoms with Gasteiger partial charge in [0.05, 0.1) is 0 Å². The molecule has 0 heterocycles. The van der Waals surface area contributed by atoms with Crippen molar-refractivity contribution in [1.82, 2.24) is 4.90 Å². The average Bonchev–Trinajstić information content (AvgIpc) is 2.96. The van der Waals surface area contributed by atoms with Gasteiger partial charge in [-0.1, -0.05) is 71.9 Å². The Morgan fingerprint density at radius 2 is 1.83 bits per heavy atom. The normalized spacial score (nSPS) is 24.9. The Hall–Kier alpha value is -0.259. The summed E-state index contributed by atoms with van der Waals surface area (Å²) in [7, 11) is 7.57. The number of hydrogen-bond acceptors (Lipinski definition) is 1. The second kappa shape index (κ2) is 13.9. The van der Waals surface area contributed by atoms with Gasteiger partial charge in [-0.05, 0) is 40.3 Å². The van der Waals surface area contributed by atoms with E-state index in [2.05, 4.69) is 98.3 Å². The first-order valence-electron chi connectivity index (χ1n) is 9.74. The third-order valence-electron chi connectivity index (χ3n) is 5.40. The van der Waals surface area contributed by atoms with Crippen molar-refractivity contribution in [2.75, 3.05) is 14.1 Å². The maximum atomic E-state index is 6.18. The molecular formula is C24H39ClN2SiTi. The Bertz CT molecular complexity index is 632. The van der Waals surface area contributed by atoms with Crippen LogP contribution in [0.2, 0.25) is 18.6 Å². The summed E-state index contributed by atoms with van der Waals surface area (Å²) in [5.74, 6) is 6.65. The first-order chi connectivity index (χ1) is 13.0. The minimum absolute atomic E-state index is 0. The van der Waals surface area contributed by atoms with Gasteiger partial charge in [-0.15, -0.1) is 5.54 Å². The Morgan fingerprint density at radius 3 is 2.17 bits per heavy atom. The number of allylic oxidation sites excluding steroid dienone is 3. The van der Waals surface area contributed by atoms with E-state index in [1.807, 2.05) is 5.92 Å². The van der Waals surface area contributed by atoms with Crippen LogP contribution in [-0.2, 0) is 19.4 Å². The molecule has 0 aromatic rings. The number of rotatable bonds is 3. The van der Waals surface area contributed by atoms with Gasteiger partial charge in [-0.2, -0.15) is 0 Å². The topological polar surface area (TPSA) is 17.3 Å². The van der Waals surface area contributed by atoms with Gasteiger partial charge in [0.1, 0.15) is 0 Å². The molecule has 2 aliphatic carbocycles. The van der Waals surface area contributed by atoms with E-state index >= 15 is 0 Å². The maximum absolute atomic E-state index is 6.18. The van der Waals surface area contributed by atoms with Crippen LogP contribution in [0.1, 0.15) is 47.0 Å². The minimum atomic E-state index is -1.56. The van der Waals surface area contributed by atoms with E-state index in [-0.39, 0.29) is 13.0 Å². The molecule has 160 valence electrons. The molecule has 5 heteroatoms. The summed E-state index contributed by atoms with van der Waals surface area (Å²) in [5.41, 5.74) is 1.24. The molecule has 0 aromatic carbocycles. The zero-order valence-electron chi connectivity index (χ0n) is 19.9. The molecule has 0 amide bonds. The van der Waals surface area contributed by atoms with Gasteiger partial charge < -0.3 is 23.7 Å². The fourth-order valence-electron chi connectivity index (χ4n) is 4.54. The molecule has 0 aromatic heterocycles. The molecule has 1 fully saturated rings. The van der Waals surface area contributed by atoms with Gasteiger partial charge in [-0.3, -0.25) is 11.8 Å². The third kappa shape index (κ3) is 10.1. The average molecular weight is 467 g/mol. The standard InChI is InChI=1S/C18H33N2Si.C5H3.CH3.ClH.Ti/c1-17(2,3)19-21(6,7)15-13-16(20(4)5)18(14-15)11-9-8-10-12-18;1-3-5-4-2;;;/h8-11,15-16H,12-14H2,1-7H3;1H3;1H3;1H;/q3*-1;;+4/p-1. The van der Waals surface area contributed by atoms with Gasteiger partial charge in [0.2, 0.25) is 0 Å². The summed E-state index contributed by atoms with van der Waals surface area (Å²) in [6.45, 7) is 13.4. The predicted octanol–water partition coefficient (Wildman–Crippen LogP) is 6.70. The van der Waals surface area contributed by atoms with Crippen LogP contribution in [0.5, 0.6) is 0 Å². The Kier molecular flexibility index (Phi) is 14.9. The van der Waals surface area contributed by atoms with E-state index in [1.165, 1.54) is 38.6 Å². The van der Waals surface area contributed by atoms with Crippen LogP contribution in [0, 0.1) is 37.0 Å². The summed E-state index contributed by atoms with van der Waals surface area (Å²) in [4.78, 5) is 7.72. The molecule has 2 aliphatic rings. The van der Waals surface area contributed by atoms with Crippen molar-refractivity contribution >= 4 is 17.5 Å². The van der Waals surface area contributed by atoms with E-state index in [1.54, 1.807) is 6.92 Å². The van der Waals surface area contributed by atoms with Crippen LogP contribution >= 0.6 is 9.30 Å². The number of nitrogens with zero attached hydrogens (tertiary/aromatic N) is 2. The summed E-state index contributed by atoms with van der Waals surface area (Å²) < 4.78 is 0. The fourth-order valence-corrected chi connectivity index (χ4v) is 8.13. The van der Waals surface area contributed by atoms with Crippen molar-refractivity contribution < 1.29 is 19.4 Å². The molecular weight excluding hydrogens is 428 g/mol. The summed E-state index contributed by atoms with van der Waals surface area (Å²) in [6, 6.07) is 0.658. The van der Waals surface area contributed by atoms with Gasteiger partial charge >= 0.3 is 28.7 Å². The molecule has 0 bridgehead atoms. The van der Waals surface area contributed by atoms with Crippen LogP contribution in [0.4, 0.5) is 0 Å². The summed E-state index contributed by atoms with van der Waals surface area (Å²) in [6.07, 6.45) is 19.3. The van der Waals surface area contributed by atoms with E-state index in [0.717, 1.165) is 5.54 Å². The molecule has 0 saturated heterocycles. The van der Waals surface area contributed by atoms with Crippen molar-refractivity contribution in [1.29, 1.82) is 0 Å². The quantitative estimate of drug-likeness (QED) is 0.257. The molecule has 1 spiro atoms. The fraction of sp³-hybridized carbons (Fsp3) is 0.625. The third-order valence-corrected chi connectivity index (χ3v) is 9.09. The second-order valence-electron chi connectivity index (χ2n) is 9.28. The zero-order valence-corrected chi connectivity index (χ0v) is 23.2. The molecule has 2 rings (SSSR count). The zero-order chi connectivity index (χ0) is 22.0. The molecule has 0 N–H and O–H groups in total. The molecule has 2 nitrogen and oxygen atoms in total.